The van der Waals surface area contributed by atoms with Crippen LogP contribution >= 0.6 is 0 Å². The van der Waals surface area contributed by atoms with Crippen molar-refractivity contribution in [2.45, 2.75) is 11.8 Å². The fourth-order valence-electron chi connectivity index (χ4n) is 3.93. The highest BCUT2D eigenvalue weighted by atomic mass is 32.2. The van der Waals surface area contributed by atoms with Crippen LogP contribution in [0, 0.1) is 6.92 Å². The van der Waals surface area contributed by atoms with Gasteiger partial charge in [-0.2, -0.15) is 19.6 Å². The van der Waals surface area contributed by atoms with Gasteiger partial charge in [0.15, 0.2) is 11.3 Å². The number of aryl methyl sites for hydroxylation is 2. The molecule has 1 aliphatic heterocycles. The molecule has 5 rings (SSSR count). The third kappa shape index (κ3) is 3.58. The zero-order valence-electron chi connectivity index (χ0n) is 18.5. The number of carbonyl (C=O) groups excluding carboxylic acids is 1. The van der Waals surface area contributed by atoms with Crippen LogP contribution in [0.2, 0.25) is 0 Å². The van der Waals surface area contributed by atoms with Gasteiger partial charge in [-0.1, -0.05) is 0 Å². The van der Waals surface area contributed by atoms with Crippen molar-refractivity contribution >= 4 is 21.6 Å². The summed E-state index contributed by atoms with van der Waals surface area (Å²) in [6.45, 7) is 2.91. The Labute approximate surface area is 190 Å². The average molecular weight is 470 g/mol. The summed E-state index contributed by atoms with van der Waals surface area (Å²) in [6.07, 6.45) is 6.24. The van der Waals surface area contributed by atoms with Gasteiger partial charge in [0.1, 0.15) is 4.90 Å². The Hall–Kier alpha value is -3.58. The smallest absolute Gasteiger partial charge is 0.274 e. The van der Waals surface area contributed by atoms with Crippen molar-refractivity contribution in [3.05, 3.63) is 48.3 Å². The van der Waals surface area contributed by atoms with Gasteiger partial charge in [0.2, 0.25) is 10.0 Å². The lowest BCUT2D eigenvalue weighted by atomic mass is 10.2. The zero-order valence-corrected chi connectivity index (χ0v) is 19.3. The van der Waals surface area contributed by atoms with Crippen LogP contribution in [0.4, 0.5) is 0 Å². The number of amides is 1. The van der Waals surface area contributed by atoms with Gasteiger partial charge in [-0.05, 0) is 13.0 Å². The van der Waals surface area contributed by atoms with E-state index in [0.717, 1.165) is 17.0 Å². The van der Waals surface area contributed by atoms with E-state index in [1.807, 2.05) is 20.0 Å². The Morgan fingerprint density at radius 3 is 2.45 bits per heavy atom. The lowest BCUT2D eigenvalue weighted by molar-refractivity contribution is 0.0691. The largest absolute Gasteiger partial charge is 0.335 e. The molecule has 0 bridgehead atoms. The molecule has 0 spiro atoms. The summed E-state index contributed by atoms with van der Waals surface area (Å²) in [5.41, 5.74) is 3.48. The predicted octanol–water partition coefficient (Wildman–Crippen LogP) is 0.318. The van der Waals surface area contributed by atoms with E-state index >= 15 is 0 Å². The number of aromatic nitrogens is 7. The predicted molar refractivity (Wildman–Crippen MR) is 118 cm³/mol. The number of carbonyl (C=O) groups is 1. The highest BCUT2D eigenvalue weighted by molar-refractivity contribution is 7.89. The first kappa shape index (κ1) is 21.3. The standard InChI is InChI=1S/C20H23N9O3S/c1-14-16(12-23-26(14)3)18-4-5-21-19-10-17(24-29(18)19)20(30)27-6-8-28(9-7-27)33(31,32)15-11-22-25(2)13-15/h4-5,10-13H,6-9H2,1-3H3. The number of fused-ring (bicyclic) bond motifs is 1. The fourth-order valence-corrected chi connectivity index (χ4v) is 5.34. The molecule has 33 heavy (non-hydrogen) atoms. The molecular formula is C20H23N9O3S. The molecule has 1 saturated heterocycles. The molecule has 5 heterocycles. The van der Waals surface area contributed by atoms with E-state index < -0.39 is 10.0 Å². The minimum atomic E-state index is -3.64. The van der Waals surface area contributed by atoms with Gasteiger partial charge in [-0.25, -0.2) is 17.9 Å². The minimum absolute atomic E-state index is 0.148. The molecule has 0 aliphatic carbocycles. The molecule has 0 atom stereocenters. The maximum Gasteiger partial charge on any atom is 0.274 e. The van der Waals surface area contributed by atoms with E-state index in [1.54, 1.807) is 39.6 Å². The SMILES string of the molecule is Cc1c(-c2ccnc3cc(C(=O)N4CCN(S(=O)(=O)c5cnn(C)c5)CC4)nn23)cnn1C. The highest BCUT2D eigenvalue weighted by Gasteiger charge is 2.32. The van der Waals surface area contributed by atoms with Crippen LogP contribution < -0.4 is 0 Å². The summed E-state index contributed by atoms with van der Waals surface area (Å²) < 4.78 is 31.8. The van der Waals surface area contributed by atoms with Crippen molar-refractivity contribution in [2.24, 2.45) is 14.1 Å². The van der Waals surface area contributed by atoms with Crippen molar-refractivity contribution in [3.63, 3.8) is 0 Å². The van der Waals surface area contributed by atoms with E-state index in [9.17, 15) is 13.2 Å². The summed E-state index contributed by atoms with van der Waals surface area (Å²) >= 11 is 0. The van der Waals surface area contributed by atoms with E-state index in [2.05, 4.69) is 20.3 Å². The molecule has 1 amide bonds. The highest BCUT2D eigenvalue weighted by Crippen LogP contribution is 2.24. The van der Waals surface area contributed by atoms with Gasteiger partial charge in [0, 0.05) is 70.0 Å². The maximum atomic E-state index is 13.1. The first-order valence-corrected chi connectivity index (χ1v) is 11.8. The Morgan fingerprint density at radius 1 is 1.06 bits per heavy atom. The summed E-state index contributed by atoms with van der Waals surface area (Å²) in [6, 6.07) is 3.48. The van der Waals surface area contributed by atoms with Crippen LogP contribution in [-0.4, -0.2) is 83.9 Å². The molecule has 12 nitrogen and oxygen atoms in total. The minimum Gasteiger partial charge on any atom is -0.335 e. The summed E-state index contributed by atoms with van der Waals surface area (Å²) in [5.74, 6) is -0.257. The monoisotopic (exact) mass is 469 g/mol. The third-order valence-corrected chi connectivity index (χ3v) is 7.78. The molecule has 13 heteroatoms. The number of hydrogen-bond acceptors (Lipinski definition) is 7. The molecule has 0 N–H and O–H groups in total. The lowest BCUT2D eigenvalue weighted by Crippen LogP contribution is -2.50. The van der Waals surface area contributed by atoms with E-state index in [-0.39, 0.29) is 42.7 Å². The Morgan fingerprint density at radius 2 is 1.82 bits per heavy atom. The van der Waals surface area contributed by atoms with Crippen LogP contribution in [0.3, 0.4) is 0 Å². The van der Waals surface area contributed by atoms with Crippen LogP contribution in [0.1, 0.15) is 16.2 Å². The van der Waals surface area contributed by atoms with E-state index in [0.29, 0.717) is 5.65 Å². The molecule has 172 valence electrons. The summed E-state index contributed by atoms with van der Waals surface area (Å²) in [5, 5.41) is 12.7. The van der Waals surface area contributed by atoms with Crippen LogP contribution in [0.25, 0.3) is 16.9 Å². The molecule has 0 radical (unpaired) electrons. The Balaban J connectivity index is 1.36. The second-order valence-corrected chi connectivity index (χ2v) is 9.88. The van der Waals surface area contributed by atoms with Crippen molar-refractivity contribution in [3.8, 4) is 11.3 Å². The molecule has 4 aromatic heterocycles. The van der Waals surface area contributed by atoms with Crippen molar-refractivity contribution in [1.82, 2.24) is 43.4 Å². The second-order valence-electron chi connectivity index (χ2n) is 7.94. The number of hydrogen-bond donors (Lipinski definition) is 0. The zero-order chi connectivity index (χ0) is 23.3. The fraction of sp³-hybridized carbons (Fsp3) is 0.350. The van der Waals surface area contributed by atoms with Crippen molar-refractivity contribution < 1.29 is 13.2 Å². The molecule has 0 aromatic carbocycles. The Bertz CT molecular complexity index is 1460. The topological polar surface area (TPSA) is 124 Å². The van der Waals surface area contributed by atoms with Gasteiger partial charge in [0.05, 0.1) is 18.1 Å². The first-order valence-electron chi connectivity index (χ1n) is 10.4. The molecular weight excluding hydrogens is 446 g/mol. The summed E-state index contributed by atoms with van der Waals surface area (Å²) in [4.78, 5) is 19.2. The lowest BCUT2D eigenvalue weighted by Gasteiger charge is -2.33. The quantitative estimate of drug-likeness (QED) is 0.422. The summed E-state index contributed by atoms with van der Waals surface area (Å²) in [7, 11) is -0.108. The molecule has 0 saturated carbocycles. The number of piperazine rings is 1. The molecule has 4 aromatic rings. The molecule has 1 fully saturated rings. The first-order chi connectivity index (χ1) is 15.8. The molecule has 0 unspecified atom stereocenters. The van der Waals surface area contributed by atoms with Crippen molar-refractivity contribution in [2.75, 3.05) is 26.2 Å². The normalized spacial score (nSPS) is 15.4. The molecule has 1 aliphatic rings. The van der Waals surface area contributed by atoms with Crippen molar-refractivity contribution in [1.29, 1.82) is 0 Å². The number of sulfonamides is 1. The van der Waals surface area contributed by atoms with E-state index in [1.165, 1.54) is 21.4 Å². The third-order valence-electron chi connectivity index (χ3n) is 5.93. The van der Waals surface area contributed by atoms with Gasteiger partial charge >= 0.3 is 0 Å². The number of nitrogens with zero attached hydrogens (tertiary/aromatic N) is 9. The van der Waals surface area contributed by atoms with Crippen LogP contribution in [0.15, 0.2) is 41.8 Å². The second kappa shape index (κ2) is 7.78. The van der Waals surface area contributed by atoms with Crippen LogP contribution in [0.5, 0.6) is 0 Å². The Kier molecular flexibility index (Phi) is 5.01. The van der Waals surface area contributed by atoms with E-state index in [4.69, 9.17) is 0 Å². The average Bonchev–Trinajstić information content (AvgIpc) is 3.52. The van der Waals surface area contributed by atoms with Crippen LogP contribution in [-0.2, 0) is 24.1 Å². The maximum absolute atomic E-state index is 13.1. The number of rotatable bonds is 4. The van der Waals surface area contributed by atoms with Gasteiger partial charge < -0.3 is 4.90 Å². The van der Waals surface area contributed by atoms with Gasteiger partial charge in [0.25, 0.3) is 5.91 Å². The van der Waals surface area contributed by atoms with Gasteiger partial charge in [-0.15, -0.1) is 0 Å². The van der Waals surface area contributed by atoms with Gasteiger partial charge in [-0.3, -0.25) is 14.2 Å².